The van der Waals surface area contributed by atoms with Gasteiger partial charge in [0.15, 0.2) is 17.5 Å². The standard InChI is InChI=1S/C19H33N5O2/c1-6-20-19(21-13-16-14-23(3)10-11-24(16)4)22-15-8-9-17(25-5)18(12-15)26-7-2/h8-9,12,16H,6-7,10-11,13-14H2,1-5H3,(H2,20,21,22). The molecule has 1 aromatic rings. The van der Waals surface area contributed by atoms with Crippen LogP contribution in [0.1, 0.15) is 13.8 Å². The average Bonchev–Trinajstić information content (AvgIpc) is 2.63. The number of nitrogens with zero attached hydrogens (tertiary/aromatic N) is 3. The molecule has 7 heteroatoms. The first-order valence-corrected chi connectivity index (χ1v) is 9.32. The van der Waals surface area contributed by atoms with Gasteiger partial charge in [0.05, 0.1) is 20.3 Å². The van der Waals surface area contributed by atoms with Gasteiger partial charge in [0.1, 0.15) is 0 Å². The van der Waals surface area contributed by atoms with Crippen LogP contribution in [0.2, 0.25) is 0 Å². The average molecular weight is 364 g/mol. The molecule has 0 amide bonds. The SMILES string of the molecule is CCNC(=NCC1CN(C)CCN1C)Nc1ccc(OC)c(OCC)c1. The topological polar surface area (TPSA) is 61.4 Å². The van der Waals surface area contributed by atoms with E-state index in [9.17, 15) is 0 Å². The Labute approximate surface area is 157 Å². The first kappa shape index (κ1) is 20.3. The molecule has 0 saturated carbocycles. The molecule has 0 aliphatic carbocycles. The van der Waals surface area contributed by atoms with Crippen molar-refractivity contribution < 1.29 is 9.47 Å². The van der Waals surface area contributed by atoms with Crippen LogP contribution in [0.25, 0.3) is 0 Å². The van der Waals surface area contributed by atoms with E-state index in [1.165, 1.54) is 0 Å². The van der Waals surface area contributed by atoms with Crippen molar-refractivity contribution in [2.45, 2.75) is 19.9 Å². The second kappa shape index (κ2) is 10.2. The van der Waals surface area contributed by atoms with Crippen molar-refractivity contribution in [2.24, 2.45) is 4.99 Å². The fourth-order valence-electron chi connectivity index (χ4n) is 2.96. The summed E-state index contributed by atoms with van der Waals surface area (Å²) in [5.41, 5.74) is 0.920. The molecule has 1 aliphatic rings. The van der Waals surface area contributed by atoms with Crippen LogP contribution in [0.4, 0.5) is 5.69 Å². The van der Waals surface area contributed by atoms with Crippen LogP contribution in [0.3, 0.4) is 0 Å². The van der Waals surface area contributed by atoms with Crippen molar-refractivity contribution in [3.8, 4) is 11.5 Å². The molecule has 2 rings (SSSR count). The number of anilines is 1. The Balaban J connectivity index is 2.08. The lowest BCUT2D eigenvalue weighted by Crippen LogP contribution is -2.51. The van der Waals surface area contributed by atoms with Crippen LogP contribution in [0, 0.1) is 0 Å². The van der Waals surface area contributed by atoms with Gasteiger partial charge in [0.25, 0.3) is 0 Å². The molecule has 1 fully saturated rings. The van der Waals surface area contributed by atoms with Crippen LogP contribution < -0.4 is 20.1 Å². The highest BCUT2D eigenvalue weighted by atomic mass is 16.5. The van der Waals surface area contributed by atoms with Crippen molar-refractivity contribution in [3.63, 3.8) is 0 Å². The summed E-state index contributed by atoms with van der Waals surface area (Å²) in [5.74, 6) is 2.23. The van der Waals surface area contributed by atoms with E-state index in [0.29, 0.717) is 12.6 Å². The molecule has 7 nitrogen and oxygen atoms in total. The number of piperazine rings is 1. The van der Waals surface area contributed by atoms with Crippen LogP contribution in [0.15, 0.2) is 23.2 Å². The van der Waals surface area contributed by atoms with Gasteiger partial charge in [0, 0.05) is 44.0 Å². The molecule has 1 atom stereocenters. The van der Waals surface area contributed by atoms with Gasteiger partial charge in [-0.05, 0) is 40.1 Å². The third kappa shape index (κ3) is 5.78. The lowest BCUT2D eigenvalue weighted by molar-refractivity contribution is 0.119. The molecule has 1 saturated heterocycles. The Morgan fingerprint density at radius 1 is 1.23 bits per heavy atom. The minimum Gasteiger partial charge on any atom is -0.493 e. The van der Waals surface area contributed by atoms with Gasteiger partial charge in [-0.1, -0.05) is 0 Å². The van der Waals surface area contributed by atoms with Gasteiger partial charge >= 0.3 is 0 Å². The Morgan fingerprint density at radius 3 is 2.73 bits per heavy atom. The van der Waals surface area contributed by atoms with E-state index in [0.717, 1.165) is 55.9 Å². The Bertz CT molecular complexity index is 593. The van der Waals surface area contributed by atoms with Crippen molar-refractivity contribution in [3.05, 3.63) is 18.2 Å². The predicted molar refractivity (Wildman–Crippen MR) is 108 cm³/mol. The molecule has 1 aromatic carbocycles. The zero-order chi connectivity index (χ0) is 18.9. The number of hydrogen-bond acceptors (Lipinski definition) is 5. The number of ether oxygens (including phenoxy) is 2. The van der Waals surface area contributed by atoms with Crippen LogP contribution in [-0.4, -0.2) is 82.3 Å². The maximum Gasteiger partial charge on any atom is 0.195 e. The van der Waals surface area contributed by atoms with Crippen molar-refractivity contribution in [1.82, 2.24) is 15.1 Å². The molecule has 146 valence electrons. The van der Waals surface area contributed by atoms with E-state index in [2.05, 4.69) is 41.5 Å². The van der Waals surface area contributed by atoms with E-state index in [-0.39, 0.29) is 0 Å². The highest BCUT2D eigenvalue weighted by Crippen LogP contribution is 2.30. The Morgan fingerprint density at radius 2 is 2.04 bits per heavy atom. The van der Waals surface area contributed by atoms with Gasteiger partial charge < -0.3 is 25.0 Å². The Kier molecular flexibility index (Phi) is 8.00. The third-order valence-corrected chi connectivity index (χ3v) is 4.51. The second-order valence-electron chi connectivity index (χ2n) is 6.54. The minimum atomic E-state index is 0.430. The van der Waals surface area contributed by atoms with Crippen molar-refractivity contribution in [2.75, 3.05) is 65.9 Å². The molecule has 1 unspecified atom stereocenters. The summed E-state index contributed by atoms with van der Waals surface area (Å²) in [6.45, 7) is 9.41. The molecule has 0 bridgehead atoms. The summed E-state index contributed by atoms with van der Waals surface area (Å²) in [4.78, 5) is 9.53. The number of nitrogens with one attached hydrogen (secondary N) is 2. The summed E-state index contributed by atoms with van der Waals surface area (Å²) < 4.78 is 11.0. The smallest absolute Gasteiger partial charge is 0.195 e. The largest absolute Gasteiger partial charge is 0.493 e. The van der Waals surface area contributed by atoms with Crippen molar-refractivity contribution >= 4 is 11.6 Å². The summed E-state index contributed by atoms with van der Waals surface area (Å²) in [5, 5.41) is 6.68. The molecular formula is C19H33N5O2. The van der Waals surface area contributed by atoms with Gasteiger partial charge in [0.2, 0.25) is 0 Å². The monoisotopic (exact) mass is 363 g/mol. The fraction of sp³-hybridized carbons (Fsp3) is 0.632. The first-order valence-electron chi connectivity index (χ1n) is 9.32. The molecule has 2 N–H and O–H groups in total. The molecule has 26 heavy (non-hydrogen) atoms. The quantitative estimate of drug-likeness (QED) is 0.568. The number of benzene rings is 1. The molecule has 0 radical (unpaired) electrons. The van der Waals surface area contributed by atoms with E-state index in [1.807, 2.05) is 25.1 Å². The van der Waals surface area contributed by atoms with Crippen LogP contribution in [-0.2, 0) is 0 Å². The van der Waals surface area contributed by atoms with Crippen LogP contribution in [0.5, 0.6) is 11.5 Å². The summed E-state index contributed by atoms with van der Waals surface area (Å²) in [7, 11) is 5.99. The van der Waals surface area contributed by atoms with Gasteiger partial charge in [-0.15, -0.1) is 0 Å². The normalized spacial score (nSPS) is 19.3. The molecule has 1 aliphatic heterocycles. The number of aliphatic imine (C=N–C) groups is 1. The first-order chi connectivity index (χ1) is 12.6. The zero-order valence-electron chi connectivity index (χ0n) is 16.7. The third-order valence-electron chi connectivity index (χ3n) is 4.51. The summed E-state index contributed by atoms with van der Waals surface area (Å²) in [6, 6.07) is 6.24. The molecule has 0 aromatic heterocycles. The van der Waals surface area contributed by atoms with E-state index >= 15 is 0 Å². The maximum atomic E-state index is 5.65. The summed E-state index contributed by atoms with van der Waals surface area (Å²) >= 11 is 0. The van der Waals surface area contributed by atoms with E-state index in [4.69, 9.17) is 14.5 Å². The van der Waals surface area contributed by atoms with E-state index in [1.54, 1.807) is 7.11 Å². The van der Waals surface area contributed by atoms with Gasteiger partial charge in [-0.2, -0.15) is 0 Å². The molecule has 0 spiro atoms. The number of hydrogen-bond donors (Lipinski definition) is 2. The number of guanidine groups is 1. The lowest BCUT2D eigenvalue weighted by atomic mass is 10.2. The van der Waals surface area contributed by atoms with Gasteiger partial charge in [-0.3, -0.25) is 9.89 Å². The van der Waals surface area contributed by atoms with Crippen molar-refractivity contribution in [1.29, 1.82) is 0 Å². The van der Waals surface area contributed by atoms with Crippen LogP contribution >= 0.6 is 0 Å². The van der Waals surface area contributed by atoms with E-state index < -0.39 is 0 Å². The number of likely N-dealkylation sites (N-methyl/N-ethyl adjacent to an activating group) is 2. The van der Waals surface area contributed by atoms with Gasteiger partial charge in [-0.25, -0.2) is 0 Å². The lowest BCUT2D eigenvalue weighted by Gasteiger charge is -2.36. The highest BCUT2D eigenvalue weighted by molar-refractivity contribution is 5.93. The second-order valence-corrected chi connectivity index (χ2v) is 6.54. The summed E-state index contributed by atoms with van der Waals surface area (Å²) in [6.07, 6.45) is 0. The highest BCUT2D eigenvalue weighted by Gasteiger charge is 2.21. The Hall–Kier alpha value is -1.99. The zero-order valence-corrected chi connectivity index (χ0v) is 16.7. The number of rotatable bonds is 7. The number of methoxy groups -OCH3 is 1. The predicted octanol–water partition coefficient (Wildman–Crippen LogP) is 1.72. The molecule has 1 heterocycles. The fourth-order valence-corrected chi connectivity index (χ4v) is 2.96. The maximum absolute atomic E-state index is 5.65. The molecular weight excluding hydrogens is 330 g/mol. The minimum absolute atomic E-state index is 0.430.